The highest BCUT2D eigenvalue weighted by molar-refractivity contribution is 6.76. The summed E-state index contributed by atoms with van der Waals surface area (Å²) in [6, 6.07) is 0. The van der Waals surface area contributed by atoms with Gasteiger partial charge in [-0.15, -0.1) is 6.58 Å². The molecule has 64 valence electrons. The molecule has 0 saturated carbocycles. The van der Waals surface area contributed by atoms with Gasteiger partial charge >= 0.3 is 0 Å². The molecule has 0 heterocycles. The van der Waals surface area contributed by atoms with Crippen LogP contribution in [0.15, 0.2) is 12.7 Å². The quantitative estimate of drug-likeness (QED) is 0.326. The summed E-state index contributed by atoms with van der Waals surface area (Å²) in [4.78, 5) is 1.50. The van der Waals surface area contributed by atoms with Crippen molar-refractivity contribution < 1.29 is 0 Å². The van der Waals surface area contributed by atoms with Gasteiger partial charge in [-0.2, -0.15) is 0 Å². The highest BCUT2D eigenvalue weighted by atomic mass is 35.6. The highest BCUT2D eigenvalue weighted by Gasteiger charge is 2.28. The lowest BCUT2D eigenvalue weighted by atomic mass is 10.5. The van der Waals surface area contributed by atoms with Crippen molar-refractivity contribution in [2.24, 2.45) is 0 Å². The summed E-state index contributed by atoms with van der Waals surface area (Å²) in [7, 11) is 1.66. The second kappa shape index (κ2) is 4.19. The number of alkyl halides is 3. The summed E-state index contributed by atoms with van der Waals surface area (Å²) in [5.74, 6) is -0.0533. The molecule has 0 unspecified atom stereocenters. The Morgan fingerprint density at radius 1 is 1.64 bits per heavy atom. The second-order valence-corrected chi connectivity index (χ2v) is 4.30. The minimum absolute atomic E-state index is 0.0533. The van der Waals surface area contributed by atoms with Crippen LogP contribution in [0.5, 0.6) is 0 Å². The molecule has 1 N–H and O–H groups in total. The van der Waals surface area contributed by atoms with Crippen LogP contribution in [0, 0.1) is 5.41 Å². The third-order valence-corrected chi connectivity index (χ3v) is 1.59. The second-order valence-electron chi connectivity index (χ2n) is 2.02. The van der Waals surface area contributed by atoms with Crippen LogP contribution in [0.1, 0.15) is 0 Å². The van der Waals surface area contributed by atoms with Crippen molar-refractivity contribution in [2.75, 3.05) is 13.6 Å². The highest BCUT2D eigenvalue weighted by Crippen LogP contribution is 2.28. The molecular weight excluding hydrogens is 206 g/mol. The van der Waals surface area contributed by atoms with Gasteiger partial charge in [0.15, 0.2) is 0 Å². The molecule has 0 fully saturated rings. The molecule has 5 heteroatoms. The van der Waals surface area contributed by atoms with E-state index in [-0.39, 0.29) is 5.84 Å². The van der Waals surface area contributed by atoms with Gasteiger partial charge < -0.3 is 4.90 Å². The maximum atomic E-state index is 7.33. The summed E-state index contributed by atoms with van der Waals surface area (Å²) >= 11 is 16.3. The van der Waals surface area contributed by atoms with Gasteiger partial charge in [0.1, 0.15) is 5.84 Å². The maximum Gasteiger partial charge on any atom is 0.247 e. The van der Waals surface area contributed by atoms with Crippen molar-refractivity contribution in [1.29, 1.82) is 5.41 Å². The number of nitrogens with zero attached hydrogens (tertiary/aromatic N) is 1. The Morgan fingerprint density at radius 2 is 2.09 bits per heavy atom. The molecule has 11 heavy (non-hydrogen) atoms. The van der Waals surface area contributed by atoms with E-state index in [2.05, 4.69) is 6.58 Å². The largest absolute Gasteiger partial charge is 0.356 e. The van der Waals surface area contributed by atoms with Crippen LogP contribution < -0.4 is 0 Å². The molecule has 0 rings (SSSR count). The van der Waals surface area contributed by atoms with E-state index >= 15 is 0 Å². The molecule has 0 amide bonds. The van der Waals surface area contributed by atoms with Gasteiger partial charge in [0.25, 0.3) is 0 Å². The first-order valence-electron chi connectivity index (χ1n) is 2.87. The van der Waals surface area contributed by atoms with Crippen molar-refractivity contribution in [3.63, 3.8) is 0 Å². The number of hydrogen-bond acceptors (Lipinski definition) is 1. The van der Waals surface area contributed by atoms with Crippen molar-refractivity contribution in [3.05, 3.63) is 12.7 Å². The molecule has 0 radical (unpaired) electrons. The summed E-state index contributed by atoms with van der Waals surface area (Å²) in [6.07, 6.45) is 1.63. The molecule has 0 bridgehead atoms. The van der Waals surface area contributed by atoms with Crippen molar-refractivity contribution in [2.45, 2.75) is 3.79 Å². The van der Waals surface area contributed by atoms with E-state index in [9.17, 15) is 0 Å². The normalized spacial score (nSPS) is 10.9. The van der Waals surface area contributed by atoms with Crippen LogP contribution in [0.3, 0.4) is 0 Å². The van der Waals surface area contributed by atoms with Gasteiger partial charge in [0, 0.05) is 13.6 Å². The monoisotopic (exact) mass is 214 g/mol. The minimum Gasteiger partial charge on any atom is -0.356 e. The van der Waals surface area contributed by atoms with E-state index in [0.29, 0.717) is 6.54 Å². The SMILES string of the molecule is C=CCN(C)C(=N)C(Cl)(Cl)Cl. The smallest absolute Gasteiger partial charge is 0.247 e. The zero-order valence-electron chi connectivity index (χ0n) is 6.07. The van der Waals surface area contributed by atoms with E-state index in [1.807, 2.05) is 0 Å². The molecular formula is C6H9Cl3N2. The first kappa shape index (κ1) is 11.1. The number of likely N-dealkylation sites (N-methyl/N-ethyl adjacent to an activating group) is 1. The number of nitrogens with one attached hydrogen (secondary N) is 1. The lowest BCUT2D eigenvalue weighted by molar-refractivity contribution is 0.551. The molecule has 0 aromatic rings. The standard InChI is InChI=1S/C6H9Cl3N2/c1-3-4-11(2)5(10)6(7,8)9/h3,10H,1,4H2,2H3. The number of halogens is 3. The van der Waals surface area contributed by atoms with E-state index in [4.69, 9.17) is 40.2 Å². The lowest BCUT2D eigenvalue weighted by Crippen LogP contribution is -2.35. The fraction of sp³-hybridized carbons (Fsp3) is 0.500. The van der Waals surface area contributed by atoms with Crippen molar-refractivity contribution in [3.8, 4) is 0 Å². The topological polar surface area (TPSA) is 27.1 Å². The predicted molar refractivity (Wildman–Crippen MR) is 50.8 cm³/mol. The molecule has 0 aliphatic rings. The van der Waals surface area contributed by atoms with E-state index < -0.39 is 3.79 Å². The van der Waals surface area contributed by atoms with Gasteiger partial charge in [-0.3, -0.25) is 5.41 Å². The first-order chi connectivity index (χ1) is 4.89. The Balaban J connectivity index is 4.13. The van der Waals surface area contributed by atoms with Crippen LogP contribution in [-0.2, 0) is 0 Å². The summed E-state index contributed by atoms with van der Waals surface area (Å²) in [5, 5.41) is 7.33. The zero-order chi connectivity index (χ0) is 9.07. The Labute approximate surface area is 81.2 Å². The van der Waals surface area contributed by atoms with Crippen molar-refractivity contribution >= 4 is 40.6 Å². The van der Waals surface area contributed by atoms with Crippen LogP contribution in [0.4, 0.5) is 0 Å². The van der Waals surface area contributed by atoms with Crippen LogP contribution in [-0.4, -0.2) is 28.1 Å². The zero-order valence-corrected chi connectivity index (χ0v) is 8.34. The van der Waals surface area contributed by atoms with Crippen LogP contribution in [0.2, 0.25) is 0 Å². The first-order valence-corrected chi connectivity index (χ1v) is 4.00. The van der Waals surface area contributed by atoms with E-state index in [1.54, 1.807) is 13.1 Å². The number of rotatable bonds is 2. The molecule has 0 aromatic carbocycles. The fourth-order valence-electron chi connectivity index (χ4n) is 0.501. The predicted octanol–water partition coefficient (Wildman–Crippen LogP) is 2.45. The minimum atomic E-state index is -1.64. The van der Waals surface area contributed by atoms with Gasteiger partial charge in [-0.05, 0) is 0 Å². The van der Waals surface area contributed by atoms with Gasteiger partial charge in [-0.25, -0.2) is 0 Å². The third kappa shape index (κ3) is 3.85. The summed E-state index contributed by atoms with van der Waals surface area (Å²) in [6.45, 7) is 3.99. The molecule has 2 nitrogen and oxygen atoms in total. The lowest BCUT2D eigenvalue weighted by Gasteiger charge is -2.22. The molecule has 0 aliphatic carbocycles. The molecule has 0 spiro atoms. The maximum absolute atomic E-state index is 7.33. The van der Waals surface area contributed by atoms with Gasteiger partial charge in [0.2, 0.25) is 3.79 Å². The average molecular weight is 216 g/mol. The third-order valence-electron chi connectivity index (χ3n) is 1.05. The van der Waals surface area contributed by atoms with E-state index in [1.165, 1.54) is 4.90 Å². The number of amidine groups is 1. The van der Waals surface area contributed by atoms with E-state index in [0.717, 1.165) is 0 Å². The van der Waals surface area contributed by atoms with Gasteiger partial charge in [-0.1, -0.05) is 40.9 Å². The summed E-state index contributed by atoms with van der Waals surface area (Å²) in [5.41, 5.74) is 0. The number of hydrogen-bond donors (Lipinski definition) is 1. The Kier molecular flexibility index (Phi) is 4.22. The molecule has 0 saturated heterocycles. The Hall–Kier alpha value is 0.0800. The summed E-state index contributed by atoms with van der Waals surface area (Å²) < 4.78 is -1.64. The van der Waals surface area contributed by atoms with Crippen LogP contribution >= 0.6 is 34.8 Å². The average Bonchev–Trinajstić information content (AvgIpc) is 1.85. The molecule has 0 aliphatic heterocycles. The van der Waals surface area contributed by atoms with Crippen molar-refractivity contribution in [1.82, 2.24) is 4.90 Å². The van der Waals surface area contributed by atoms with Crippen LogP contribution in [0.25, 0.3) is 0 Å². The molecule has 0 aromatic heterocycles. The molecule has 0 atom stereocenters. The Morgan fingerprint density at radius 3 is 2.36 bits per heavy atom. The fourth-order valence-corrected chi connectivity index (χ4v) is 0.934. The van der Waals surface area contributed by atoms with Gasteiger partial charge in [0.05, 0.1) is 0 Å². The Bertz CT molecular complexity index is 162.